The van der Waals surface area contributed by atoms with Crippen LogP contribution in [0.15, 0.2) is 30.3 Å². The predicted octanol–water partition coefficient (Wildman–Crippen LogP) is 2.61. The first kappa shape index (κ1) is 16.1. The molecule has 0 aliphatic rings. The zero-order valence-corrected chi connectivity index (χ0v) is 11.0. The van der Waals surface area contributed by atoms with Gasteiger partial charge in [-0.3, -0.25) is 4.79 Å². The summed E-state index contributed by atoms with van der Waals surface area (Å²) in [6.07, 6.45) is -2.32. The lowest BCUT2D eigenvalue weighted by molar-refractivity contribution is -0.120. The van der Waals surface area contributed by atoms with E-state index in [1.165, 1.54) is 4.90 Å². The van der Waals surface area contributed by atoms with Gasteiger partial charge >= 0.3 is 0 Å². The number of halogens is 2. The van der Waals surface area contributed by atoms with Gasteiger partial charge in [-0.05, 0) is 12.1 Å². The number of hydrogen-bond acceptors (Lipinski definition) is 3. The van der Waals surface area contributed by atoms with E-state index < -0.39 is 13.0 Å². The van der Waals surface area contributed by atoms with Gasteiger partial charge in [0.15, 0.2) is 0 Å². The third kappa shape index (κ3) is 5.76. The van der Waals surface area contributed by atoms with Crippen molar-refractivity contribution in [3.63, 3.8) is 0 Å². The summed E-state index contributed by atoms with van der Waals surface area (Å²) in [4.78, 5) is 13.5. The molecular weight excluding hydrogens is 266 g/mol. The van der Waals surface area contributed by atoms with E-state index in [-0.39, 0.29) is 31.9 Å². The number of amides is 1. The second-order valence-corrected chi connectivity index (χ2v) is 4.01. The Labute approximate surface area is 116 Å². The van der Waals surface area contributed by atoms with E-state index in [1.807, 2.05) is 12.1 Å². The topological polar surface area (TPSA) is 53.3 Å². The minimum absolute atomic E-state index is 0.00699. The third-order valence-corrected chi connectivity index (χ3v) is 2.52. The van der Waals surface area contributed by atoms with E-state index in [0.29, 0.717) is 5.69 Å². The molecular formula is C14H16F2N2O2. The Morgan fingerprint density at radius 1 is 1.35 bits per heavy atom. The number of carbonyl (C=O) groups is 1. The lowest BCUT2D eigenvalue weighted by atomic mass is 10.2. The van der Waals surface area contributed by atoms with Crippen molar-refractivity contribution in [3.05, 3.63) is 30.3 Å². The van der Waals surface area contributed by atoms with Crippen LogP contribution in [-0.4, -0.2) is 32.1 Å². The van der Waals surface area contributed by atoms with Gasteiger partial charge < -0.3 is 9.64 Å². The minimum Gasteiger partial charge on any atom is -0.375 e. The summed E-state index contributed by atoms with van der Waals surface area (Å²) >= 11 is 0. The number of anilines is 1. The van der Waals surface area contributed by atoms with Gasteiger partial charge in [0.05, 0.1) is 25.5 Å². The highest BCUT2D eigenvalue weighted by Gasteiger charge is 2.15. The van der Waals surface area contributed by atoms with Crippen LogP contribution in [0.5, 0.6) is 0 Å². The predicted molar refractivity (Wildman–Crippen MR) is 70.5 cm³/mol. The number of nitriles is 1. The molecule has 0 fully saturated rings. The molecule has 0 aromatic heterocycles. The maximum Gasteiger partial charge on any atom is 0.261 e. The molecule has 0 heterocycles. The summed E-state index contributed by atoms with van der Waals surface area (Å²) in [7, 11) is 0. The smallest absolute Gasteiger partial charge is 0.261 e. The maximum absolute atomic E-state index is 12.0. The molecule has 0 aliphatic heterocycles. The Kier molecular flexibility index (Phi) is 7.22. The van der Waals surface area contributed by atoms with Gasteiger partial charge in [0.1, 0.15) is 6.61 Å². The fourth-order valence-electron chi connectivity index (χ4n) is 1.63. The lowest BCUT2D eigenvalue weighted by Gasteiger charge is -2.21. The molecule has 0 aliphatic carbocycles. The monoisotopic (exact) mass is 282 g/mol. The summed E-state index contributed by atoms with van der Waals surface area (Å²) in [5.74, 6) is -0.249. The van der Waals surface area contributed by atoms with Crippen LogP contribution in [0.4, 0.5) is 14.5 Å². The molecule has 108 valence electrons. The van der Waals surface area contributed by atoms with E-state index in [1.54, 1.807) is 24.3 Å². The van der Waals surface area contributed by atoms with Crippen molar-refractivity contribution in [1.82, 2.24) is 0 Å². The van der Waals surface area contributed by atoms with Crippen LogP contribution < -0.4 is 4.90 Å². The van der Waals surface area contributed by atoms with Crippen molar-refractivity contribution >= 4 is 11.6 Å². The van der Waals surface area contributed by atoms with Crippen molar-refractivity contribution in [2.45, 2.75) is 19.3 Å². The molecule has 1 aromatic rings. The van der Waals surface area contributed by atoms with Crippen molar-refractivity contribution in [1.29, 1.82) is 5.26 Å². The second-order valence-electron chi connectivity index (χ2n) is 4.01. The molecule has 1 aromatic carbocycles. The summed E-state index contributed by atoms with van der Waals surface area (Å²) < 4.78 is 28.5. The molecule has 6 heteroatoms. The molecule has 20 heavy (non-hydrogen) atoms. The Balaban J connectivity index is 2.55. The summed E-state index contributed by atoms with van der Waals surface area (Å²) in [6.45, 7) is -0.454. The largest absolute Gasteiger partial charge is 0.375 e. The number of nitrogens with zero attached hydrogens (tertiary/aromatic N) is 2. The third-order valence-electron chi connectivity index (χ3n) is 2.52. The van der Waals surface area contributed by atoms with Gasteiger partial charge in [-0.15, -0.1) is 0 Å². The minimum atomic E-state index is -2.53. The number of alkyl halides is 2. The normalized spacial score (nSPS) is 10.3. The molecule has 0 N–H and O–H groups in total. The first-order chi connectivity index (χ1) is 9.65. The Morgan fingerprint density at radius 3 is 2.65 bits per heavy atom. The van der Waals surface area contributed by atoms with Crippen molar-refractivity contribution in [2.24, 2.45) is 0 Å². The number of ether oxygens (including phenoxy) is 1. The number of benzene rings is 1. The van der Waals surface area contributed by atoms with Crippen molar-refractivity contribution in [3.8, 4) is 6.07 Å². The molecule has 4 nitrogen and oxygen atoms in total. The van der Waals surface area contributed by atoms with Gasteiger partial charge in [0, 0.05) is 12.2 Å². The molecule has 0 saturated heterocycles. The number of hydrogen-bond donors (Lipinski definition) is 0. The quantitative estimate of drug-likeness (QED) is 0.689. The van der Waals surface area contributed by atoms with Crippen LogP contribution in [0.2, 0.25) is 0 Å². The summed E-state index contributed by atoms with van der Waals surface area (Å²) in [5, 5.41) is 8.62. The van der Waals surface area contributed by atoms with Gasteiger partial charge in [0.25, 0.3) is 6.43 Å². The number of para-hydroxylation sites is 1. The van der Waals surface area contributed by atoms with Crippen LogP contribution in [0.3, 0.4) is 0 Å². The molecule has 0 spiro atoms. The van der Waals surface area contributed by atoms with Crippen LogP contribution in [0.25, 0.3) is 0 Å². The molecule has 0 radical (unpaired) electrons. The van der Waals surface area contributed by atoms with Crippen LogP contribution in [0, 0.1) is 11.3 Å². The number of rotatable bonds is 8. The van der Waals surface area contributed by atoms with Crippen molar-refractivity contribution in [2.75, 3.05) is 24.7 Å². The maximum atomic E-state index is 12.0. The molecule has 0 atom stereocenters. The second kappa shape index (κ2) is 8.99. The number of carbonyl (C=O) groups excluding carboxylic acids is 1. The highest BCUT2D eigenvalue weighted by Crippen LogP contribution is 2.15. The molecule has 1 rings (SSSR count). The molecule has 0 saturated carbocycles. The average Bonchev–Trinajstić information content (AvgIpc) is 2.45. The fraction of sp³-hybridized carbons (Fsp3) is 0.429. The van der Waals surface area contributed by atoms with E-state index in [2.05, 4.69) is 0 Å². The van der Waals surface area contributed by atoms with E-state index >= 15 is 0 Å². The van der Waals surface area contributed by atoms with E-state index in [4.69, 9.17) is 10.00 Å². The molecule has 0 bridgehead atoms. The Bertz CT molecular complexity index is 446. The fourth-order valence-corrected chi connectivity index (χ4v) is 1.63. The first-order valence-electron chi connectivity index (χ1n) is 6.23. The molecule has 1 amide bonds. The highest BCUT2D eigenvalue weighted by molar-refractivity contribution is 5.93. The Hall–Kier alpha value is -2.00. The standard InChI is InChI=1S/C14H16F2N2O2/c15-13(16)11-20-10-7-14(19)18(9-4-8-17)12-5-2-1-3-6-12/h1-3,5-6,13H,4,7,9-11H2. The van der Waals surface area contributed by atoms with Crippen LogP contribution in [0.1, 0.15) is 12.8 Å². The van der Waals surface area contributed by atoms with E-state index in [0.717, 1.165) is 0 Å². The zero-order valence-electron chi connectivity index (χ0n) is 11.0. The van der Waals surface area contributed by atoms with E-state index in [9.17, 15) is 13.6 Å². The van der Waals surface area contributed by atoms with Gasteiger partial charge in [-0.1, -0.05) is 18.2 Å². The van der Waals surface area contributed by atoms with Crippen LogP contribution in [-0.2, 0) is 9.53 Å². The van der Waals surface area contributed by atoms with Crippen LogP contribution >= 0.6 is 0 Å². The van der Waals surface area contributed by atoms with Gasteiger partial charge in [0.2, 0.25) is 5.91 Å². The van der Waals surface area contributed by atoms with Gasteiger partial charge in [-0.2, -0.15) is 5.26 Å². The van der Waals surface area contributed by atoms with Gasteiger partial charge in [-0.25, -0.2) is 8.78 Å². The first-order valence-corrected chi connectivity index (χ1v) is 6.23. The highest BCUT2D eigenvalue weighted by atomic mass is 19.3. The summed E-state index contributed by atoms with van der Waals surface area (Å²) in [5.41, 5.74) is 0.682. The lowest BCUT2D eigenvalue weighted by Crippen LogP contribution is -2.32. The Morgan fingerprint density at radius 2 is 2.05 bits per heavy atom. The molecule has 0 unspecified atom stereocenters. The SMILES string of the molecule is N#CCCN(C(=O)CCOCC(F)F)c1ccccc1. The summed E-state index contributed by atoms with van der Waals surface area (Å²) in [6, 6.07) is 10.9. The average molecular weight is 282 g/mol. The zero-order chi connectivity index (χ0) is 14.8. The van der Waals surface area contributed by atoms with Crippen molar-refractivity contribution < 1.29 is 18.3 Å².